The fourth-order valence-corrected chi connectivity index (χ4v) is 2.66. The van der Waals surface area contributed by atoms with Gasteiger partial charge < -0.3 is 10.6 Å². The van der Waals surface area contributed by atoms with Crippen molar-refractivity contribution in [2.24, 2.45) is 23.5 Å². The molecule has 4 unspecified atom stereocenters. The first-order valence-electron chi connectivity index (χ1n) is 6.96. The fourth-order valence-electron chi connectivity index (χ4n) is 2.66. The minimum atomic E-state index is 0.0489. The van der Waals surface area contributed by atoms with Crippen LogP contribution in [-0.2, 0) is 4.79 Å². The van der Waals surface area contributed by atoms with Gasteiger partial charge in [-0.25, -0.2) is 0 Å². The Hall–Kier alpha value is -0.570. The molecule has 0 aliphatic heterocycles. The summed E-state index contributed by atoms with van der Waals surface area (Å²) in [6.07, 6.45) is 4.24. The van der Waals surface area contributed by atoms with Gasteiger partial charge in [-0.3, -0.25) is 4.79 Å². The van der Waals surface area contributed by atoms with Crippen LogP contribution in [-0.4, -0.2) is 30.4 Å². The van der Waals surface area contributed by atoms with E-state index in [1.807, 2.05) is 11.9 Å². The van der Waals surface area contributed by atoms with Crippen LogP contribution in [0.2, 0.25) is 0 Å². The van der Waals surface area contributed by atoms with E-state index in [0.29, 0.717) is 11.8 Å². The van der Waals surface area contributed by atoms with E-state index in [1.54, 1.807) is 0 Å². The molecule has 3 nitrogen and oxygen atoms in total. The highest BCUT2D eigenvalue weighted by atomic mass is 16.2. The Labute approximate surface area is 106 Å². The predicted octanol–water partition coefficient (Wildman–Crippen LogP) is 2.25. The third-order valence-electron chi connectivity index (χ3n) is 4.14. The number of hydrogen-bond acceptors (Lipinski definition) is 2. The smallest absolute Gasteiger partial charge is 0.227 e. The Kier molecular flexibility index (Phi) is 5.44. The summed E-state index contributed by atoms with van der Waals surface area (Å²) in [5.74, 6) is 1.51. The van der Waals surface area contributed by atoms with Gasteiger partial charge in [-0.15, -0.1) is 0 Å². The summed E-state index contributed by atoms with van der Waals surface area (Å²) < 4.78 is 0. The molecule has 100 valence electrons. The Balaban J connectivity index is 2.55. The normalized spacial score (nSPS) is 31.0. The first kappa shape index (κ1) is 14.5. The second-order valence-corrected chi connectivity index (χ2v) is 5.92. The number of hydrogen-bond donors (Lipinski definition) is 1. The standard InChI is InChI=1S/C14H28N2O/c1-5-10(2)9-16(4)14(17)12-8-11(3)6-7-13(12)15/h10-13H,5-9,15H2,1-4H3. The molecule has 1 amide bonds. The van der Waals surface area contributed by atoms with Crippen molar-refractivity contribution in [3.63, 3.8) is 0 Å². The number of nitrogens with two attached hydrogens (primary N) is 1. The Morgan fingerprint density at radius 1 is 1.47 bits per heavy atom. The topological polar surface area (TPSA) is 46.3 Å². The van der Waals surface area contributed by atoms with Gasteiger partial charge in [-0.1, -0.05) is 27.2 Å². The Morgan fingerprint density at radius 2 is 2.12 bits per heavy atom. The highest BCUT2D eigenvalue weighted by Gasteiger charge is 2.33. The van der Waals surface area contributed by atoms with Crippen LogP contribution in [0.3, 0.4) is 0 Å². The van der Waals surface area contributed by atoms with Crippen LogP contribution in [0.15, 0.2) is 0 Å². The second kappa shape index (κ2) is 6.39. The molecule has 1 aliphatic carbocycles. The van der Waals surface area contributed by atoms with Crippen LogP contribution in [0.4, 0.5) is 0 Å². The molecule has 0 saturated heterocycles. The van der Waals surface area contributed by atoms with Gasteiger partial charge >= 0.3 is 0 Å². The summed E-state index contributed by atoms with van der Waals surface area (Å²) in [6, 6.07) is 0.0677. The van der Waals surface area contributed by atoms with Crippen molar-refractivity contribution in [1.29, 1.82) is 0 Å². The predicted molar refractivity (Wildman–Crippen MR) is 71.6 cm³/mol. The zero-order valence-electron chi connectivity index (χ0n) is 11.8. The highest BCUT2D eigenvalue weighted by Crippen LogP contribution is 2.29. The minimum Gasteiger partial charge on any atom is -0.345 e. The van der Waals surface area contributed by atoms with Crippen molar-refractivity contribution < 1.29 is 4.79 Å². The third-order valence-corrected chi connectivity index (χ3v) is 4.14. The lowest BCUT2D eigenvalue weighted by molar-refractivity contribution is -0.136. The lowest BCUT2D eigenvalue weighted by atomic mass is 9.78. The quantitative estimate of drug-likeness (QED) is 0.819. The van der Waals surface area contributed by atoms with E-state index in [2.05, 4.69) is 20.8 Å². The number of nitrogens with zero attached hydrogens (tertiary/aromatic N) is 1. The van der Waals surface area contributed by atoms with E-state index in [0.717, 1.165) is 25.8 Å². The number of carbonyl (C=O) groups excluding carboxylic acids is 1. The summed E-state index contributed by atoms with van der Waals surface area (Å²) in [5.41, 5.74) is 6.10. The summed E-state index contributed by atoms with van der Waals surface area (Å²) >= 11 is 0. The molecule has 0 aromatic carbocycles. The zero-order valence-corrected chi connectivity index (χ0v) is 11.8. The molecule has 0 radical (unpaired) electrons. The van der Waals surface area contributed by atoms with Crippen molar-refractivity contribution in [2.45, 2.75) is 52.5 Å². The zero-order chi connectivity index (χ0) is 13.0. The van der Waals surface area contributed by atoms with Gasteiger partial charge in [0.05, 0.1) is 5.92 Å². The number of rotatable bonds is 4. The van der Waals surface area contributed by atoms with Crippen molar-refractivity contribution in [3.05, 3.63) is 0 Å². The molecule has 1 rings (SSSR count). The van der Waals surface area contributed by atoms with Crippen LogP contribution in [0.1, 0.15) is 46.5 Å². The maximum atomic E-state index is 12.4. The second-order valence-electron chi connectivity index (χ2n) is 5.92. The SMILES string of the molecule is CCC(C)CN(C)C(=O)C1CC(C)CCC1N. The summed E-state index contributed by atoms with van der Waals surface area (Å²) in [5, 5.41) is 0. The average molecular weight is 240 g/mol. The molecule has 1 fully saturated rings. The van der Waals surface area contributed by atoms with Crippen LogP contribution >= 0.6 is 0 Å². The molecule has 3 heteroatoms. The van der Waals surface area contributed by atoms with E-state index in [-0.39, 0.29) is 17.9 Å². The van der Waals surface area contributed by atoms with Gasteiger partial charge in [0.2, 0.25) is 5.91 Å². The maximum absolute atomic E-state index is 12.4. The lowest BCUT2D eigenvalue weighted by Crippen LogP contribution is -2.46. The number of amides is 1. The van der Waals surface area contributed by atoms with Gasteiger partial charge in [0.15, 0.2) is 0 Å². The van der Waals surface area contributed by atoms with Gasteiger partial charge in [-0.05, 0) is 31.1 Å². The Morgan fingerprint density at radius 3 is 2.71 bits per heavy atom. The molecule has 1 saturated carbocycles. The molecular weight excluding hydrogens is 212 g/mol. The largest absolute Gasteiger partial charge is 0.345 e. The van der Waals surface area contributed by atoms with E-state index >= 15 is 0 Å². The molecule has 0 aromatic rings. The molecule has 0 aromatic heterocycles. The third kappa shape index (κ3) is 3.98. The monoisotopic (exact) mass is 240 g/mol. The molecule has 17 heavy (non-hydrogen) atoms. The van der Waals surface area contributed by atoms with Crippen LogP contribution in [0, 0.1) is 17.8 Å². The van der Waals surface area contributed by atoms with Gasteiger partial charge in [0.1, 0.15) is 0 Å². The first-order valence-corrected chi connectivity index (χ1v) is 6.96. The van der Waals surface area contributed by atoms with Crippen molar-refractivity contribution in [3.8, 4) is 0 Å². The summed E-state index contributed by atoms with van der Waals surface area (Å²) in [4.78, 5) is 14.2. The van der Waals surface area contributed by atoms with E-state index < -0.39 is 0 Å². The van der Waals surface area contributed by atoms with Crippen LogP contribution in [0.5, 0.6) is 0 Å². The van der Waals surface area contributed by atoms with Crippen LogP contribution < -0.4 is 5.73 Å². The van der Waals surface area contributed by atoms with Crippen molar-refractivity contribution in [1.82, 2.24) is 4.90 Å². The van der Waals surface area contributed by atoms with Gasteiger partial charge in [0.25, 0.3) is 0 Å². The summed E-state index contributed by atoms with van der Waals surface area (Å²) in [6.45, 7) is 7.43. The maximum Gasteiger partial charge on any atom is 0.227 e. The average Bonchev–Trinajstić information content (AvgIpc) is 2.31. The first-order chi connectivity index (χ1) is 7.95. The van der Waals surface area contributed by atoms with E-state index in [1.165, 1.54) is 6.42 Å². The number of carbonyl (C=O) groups is 1. The Bertz CT molecular complexity index is 255. The molecule has 2 N–H and O–H groups in total. The van der Waals surface area contributed by atoms with E-state index in [9.17, 15) is 4.79 Å². The van der Waals surface area contributed by atoms with Crippen molar-refractivity contribution >= 4 is 5.91 Å². The molecule has 0 bridgehead atoms. The molecule has 4 atom stereocenters. The van der Waals surface area contributed by atoms with Crippen LogP contribution in [0.25, 0.3) is 0 Å². The van der Waals surface area contributed by atoms with Gasteiger partial charge in [-0.2, -0.15) is 0 Å². The van der Waals surface area contributed by atoms with E-state index in [4.69, 9.17) is 5.73 Å². The minimum absolute atomic E-state index is 0.0489. The summed E-state index contributed by atoms with van der Waals surface area (Å²) in [7, 11) is 1.92. The molecule has 0 spiro atoms. The van der Waals surface area contributed by atoms with Gasteiger partial charge in [0, 0.05) is 19.6 Å². The molecule has 1 aliphatic rings. The fraction of sp³-hybridized carbons (Fsp3) is 0.929. The lowest BCUT2D eigenvalue weighted by Gasteiger charge is -2.34. The molecular formula is C14H28N2O. The highest BCUT2D eigenvalue weighted by molar-refractivity contribution is 5.79. The molecule has 0 heterocycles. The van der Waals surface area contributed by atoms with Crippen molar-refractivity contribution in [2.75, 3.05) is 13.6 Å².